The Labute approximate surface area is 391 Å². The van der Waals surface area contributed by atoms with Gasteiger partial charge in [0.25, 0.3) is 0 Å². The van der Waals surface area contributed by atoms with Crippen LogP contribution in [-0.4, -0.2) is 142 Å². The summed E-state index contributed by atoms with van der Waals surface area (Å²) in [5.74, 6) is -0.914. The number of rotatable bonds is 41. The molecule has 0 aliphatic carbocycles. The van der Waals surface area contributed by atoms with Gasteiger partial charge in [-0.1, -0.05) is 187 Å². The van der Waals surface area contributed by atoms with E-state index in [0.717, 1.165) is 38.5 Å². The summed E-state index contributed by atoms with van der Waals surface area (Å²) in [6, 6.07) is 0. The molecule has 2 rings (SSSR count). The Morgan fingerprint density at radius 3 is 1.20 bits per heavy atom. The number of carbonyl (C=O) groups is 2. The molecule has 2 fully saturated rings. The molecule has 2 heterocycles. The van der Waals surface area contributed by atoms with Crippen molar-refractivity contribution >= 4 is 11.9 Å². The number of hydrogen-bond acceptors (Lipinski definition) is 15. The quantitative estimate of drug-likeness (QED) is 0.0237. The fraction of sp³-hybridized carbons (Fsp3) is 0.960. The molecule has 15 heteroatoms. The van der Waals surface area contributed by atoms with Gasteiger partial charge in [-0.3, -0.25) is 9.59 Å². The molecule has 15 nitrogen and oxygen atoms in total. The number of unbranched alkanes of at least 4 members (excludes halogenated alkanes) is 27. The molecule has 4 unspecified atom stereocenters. The third-order valence-corrected chi connectivity index (χ3v) is 12.8. The lowest BCUT2D eigenvalue weighted by Gasteiger charge is -2.42. The van der Waals surface area contributed by atoms with Crippen LogP contribution in [0.4, 0.5) is 0 Å². The molecule has 0 aromatic heterocycles. The molecule has 0 amide bonds. The summed E-state index contributed by atoms with van der Waals surface area (Å²) in [6.45, 7) is 2.60. The van der Waals surface area contributed by atoms with Gasteiger partial charge in [-0.05, 0) is 12.8 Å². The molecule has 7 N–H and O–H groups in total. The van der Waals surface area contributed by atoms with Crippen LogP contribution >= 0.6 is 0 Å². The van der Waals surface area contributed by atoms with Crippen molar-refractivity contribution in [2.75, 3.05) is 26.4 Å². The zero-order valence-corrected chi connectivity index (χ0v) is 40.5. The van der Waals surface area contributed by atoms with E-state index in [1.165, 1.54) is 135 Å². The summed E-state index contributed by atoms with van der Waals surface area (Å²) >= 11 is 0. The van der Waals surface area contributed by atoms with Crippen LogP contribution in [0.25, 0.3) is 0 Å². The average molecular weight is 935 g/mol. The van der Waals surface area contributed by atoms with Gasteiger partial charge in [0.05, 0.1) is 19.8 Å². The highest BCUT2D eigenvalue weighted by molar-refractivity contribution is 5.70. The van der Waals surface area contributed by atoms with Gasteiger partial charge in [0.15, 0.2) is 18.7 Å². The predicted molar refractivity (Wildman–Crippen MR) is 248 cm³/mol. The van der Waals surface area contributed by atoms with Crippen LogP contribution in [0.5, 0.6) is 0 Å². The molecule has 2 saturated heterocycles. The summed E-state index contributed by atoms with van der Waals surface area (Å²) in [7, 11) is 0. The Hall–Kier alpha value is -1.50. The maximum atomic E-state index is 13.0. The van der Waals surface area contributed by atoms with Crippen molar-refractivity contribution in [1.82, 2.24) is 0 Å². The van der Waals surface area contributed by atoms with Gasteiger partial charge in [-0.25, -0.2) is 0 Å². The lowest BCUT2D eigenvalue weighted by atomic mass is 9.98. The van der Waals surface area contributed by atoms with E-state index < -0.39 is 92.7 Å². The van der Waals surface area contributed by atoms with E-state index in [-0.39, 0.29) is 26.1 Å². The van der Waals surface area contributed by atoms with Crippen molar-refractivity contribution in [2.24, 2.45) is 0 Å². The Morgan fingerprint density at radius 1 is 0.431 bits per heavy atom. The van der Waals surface area contributed by atoms with Crippen LogP contribution in [0.1, 0.15) is 213 Å². The minimum atomic E-state index is -1.76. The van der Waals surface area contributed by atoms with Crippen LogP contribution in [0.3, 0.4) is 0 Å². The standard InChI is InChI=1S/C50H94O15/c1-3-5-7-9-11-13-14-15-16-17-18-19-20-21-22-23-25-27-29-31-33-42(53)63-38(35-60-41(52)32-30-28-26-24-12-10-8-6-4-2)36-61-49-48(59)46(57)44(55)40(65-49)37-62-50-47(58)45(56)43(54)39(34-51)64-50/h38-40,43-51,54-59H,3-37H2,1-2H3/t38-,39+,40+,43-,44-,45?,46?,47?,48?,49+,50+/m1/s1. The van der Waals surface area contributed by atoms with Crippen molar-refractivity contribution in [2.45, 2.75) is 280 Å². The van der Waals surface area contributed by atoms with Gasteiger partial charge in [-0.2, -0.15) is 0 Å². The fourth-order valence-corrected chi connectivity index (χ4v) is 8.51. The monoisotopic (exact) mass is 935 g/mol. The maximum absolute atomic E-state index is 13.0. The first-order chi connectivity index (χ1) is 31.5. The largest absolute Gasteiger partial charge is 0.462 e. The van der Waals surface area contributed by atoms with E-state index in [0.29, 0.717) is 12.8 Å². The summed E-state index contributed by atoms with van der Waals surface area (Å²) in [5, 5.41) is 72.0. The van der Waals surface area contributed by atoms with Gasteiger partial charge in [-0.15, -0.1) is 0 Å². The van der Waals surface area contributed by atoms with E-state index in [2.05, 4.69) is 13.8 Å². The topological polar surface area (TPSA) is 231 Å². The first-order valence-corrected chi connectivity index (χ1v) is 26.1. The molecule has 0 radical (unpaired) electrons. The van der Waals surface area contributed by atoms with E-state index in [4.69, 9.17) is 28.4 Å². The number of aliphatic hydroxyl groups is 7. The Kier molecular flexibility index (Phi) is 35.2. The summed E-state index contributed by atoms with van der Waals surface area (Å²) in [5.41, 5.74) is 0. The van der Waals surface area contributed by atoms with Crippen molar-refractivity contribution in [3.8, 4) is 0 Å². The molecule has 2 aliphatic heterocycles. The van der Waals surface area contributed by atoms with Crippen LogP contribution in [0, 0.1) is 0 Å². The Morgan fingerprint density at radius 2 is 0.785 bits per heavy atom. The molecule has 65 heavy (non-hydrogen) atoms. The molecule has 2 aliphatic rings. The second kappa shape index (κ2) is 38.4. The second-order valence-corrected chi connectivity index (χ2v) is 18.7. The number of aliphatic hydroxyl groups excluding tert-OH is 7. The third kappa shape index (κ3) is 26.7. The molecular formula is C50H94O15. The maximum Gasteiger partial charge on any atom is 0.306 e. The molecule has 0 aromatic rings. The summed E-state index contributed by atoms with van der Waals surface area (Å²) in [4.78, 5) is 25.7. The molecule has 11 atom stereocenters. The van der Waals surface area contributed by atoms with Gasteiger partial charge in [0.1, 0.15) is 55.4 Å². The molecule has 0 saturated carbocycles. The lowest BCUT2D eigenvalue weighted by Crippen LogP contribution is -2.61. The highest BCUT2D eigenvalue weighted by atomic mass is 16.7. The smallest absolute Gasteiger partial charge is 0.306 e. The first kappa shape index (κ1) is 59.6. The Balaban J connectivity index is 1.75. The lowest BCUT2D eigenvalue weighted by molar-refractivity contribution is -0.332. The fourth-order valence-electron chi connectivity index (χ4n) is 8.51. The molecule has 0 bridgehead atoms. The van der Waals surface area contributed by atoms with E-state index in [1.807, 2.05) is 0 Å². The zero-order chi connectivity index (χ0) is 47.5. The molecular weight excluding hydrogens is 841 g/mol. The minimum absolute atomic E-state index is 0.173. The first-order valence-electron chi connectivity index (χ1n) is 26.1. The van der Waals surface area contributed by atoms with Gasteiger partial charge < -0.3 is 64.2 Å². The van der Waals surface area contributed by atoms with Gasteiger partial charge in [0.2, 0.25) is 0 Å². The van der Waals surface area contributed by atoms with E-state index >= 15 is 0 Å². The highest BCUT2D eigenvalue weighted by Gasteiger charge is 2.47. The van der Waals surface area contributed by atoms with Crippen LogP contribution in [0.15, 0.2) is 0 Å². The van der Waals surface area contributed by atoms with Crippen LogP contribution < -0.4 is 0 Å². The number of carbonyl (C=O) groups excluding carboxylic acids is 2. The van der Waals surface area contributed by atoms with Crippen molar-refractivity contribution in [1.29, 1.82) is 0 Å². The minimum Gasteiger partial charge on any atom is -0.462 e. The van der Waals surface area contributed by atoms with Crippen molar-refractivity contribution in [3.63, 3.8) is 0 Å². The molecule has 384 valence electrons. The van der Waals surface area contributed by atoms with Crippen molar-refractivity contribution in [3.05, 3.63) is 0 Å². The zero-order valence-electron chi connectivity index (χ0n) is 40.5. The SMILES string of the molecule is CCCCCCCCCCCCCCCCCCCCCCC(=O)O[C@H](COC(=O)CCCCCCCCCCC)CO[C@H]1O[C@@H](CO[C@H]2O[C@@H](CO)[C@@H](O)C(O)C2O)[C@@H](O)C(O)C1O. The summed E-state index contributed by atoms with van der Waals surface area (Å²) in [6.07, 6.45) is 18.6. The second-order valence-electron chi connectivity index (χ2n) is 18.7. The molecule has 0 spiro atoms. The Bertz CT molecular complexity index is 1150. The summed E-state index contributed by atoms with van der Waals surface area (Å²) < 4.78 is 33.5. The van der Waals surface area contributed by atoms with Gasteiger partial charge >= 0.3 is 11.9 Å². The van der Waals surface area contributed by atoms with Gasteiger partial charge in [0, 0.05) is 12.8 Å². The predicted octanol–water partition coefficient (Wildman–Crippen LogP) is 7.22. The van der Waals surface area contributed by atoms with Crippen LogP contribution in [-0.2, 0) is 38.0 Å². The van der Waals surface area contributed by atoms with Crippen molar-refractivity contribution < 1.29 is 73.8 Å². The molecule has 0 aromatic carbocycles. The normalized spacial score (nSPS) is 26.3. The highest BCUT2D eigenvalue weighted by Crippen LogP contribution is 2.27. The number of esters is 2. The number of hydrogen-bond donors (Lipinski definition) is 7. The third-order valence-electron chi connectivity index (χ3n) is 12.8. The van der Waals surface area contributed by atoms with E-state index in [1.54, 1.807) is 0 Å². The van der Waals surface area contributed by atoms with Crippen LogP contribution in [0.2, 0.25) is 0 Å². The van der Waals surface area contributed by atoms with E-state index in [9.17, 15) is 45.3 Å². The number of ether oxygens (including phenoxy) is 6. The average Bonchev–Trinajstić information content (AvgIpc) is 3.30.